The molecule has 0 aromatic heterocycles. The number of carboxylic acids is 1. The third kappa shape index (κ3) is 2.12. The molecule has 0 heterocycles. The van der Waals surface area contributed by atoms with Crippen molar-refractivity contribution in [2.45, 2.75) is 25.7 Å². The average molecular weight is 206 g/mol. The van der Waals surface area contributed by atoms with Gasteiger partial charge in [-0.2, -0.15) is 0 Å². The molecule has 0 amide bonds. The van der Waals surface area contributed by atoms with E-state index in [1.807, 2.05) is 13.0 Å². The molecule has 2 rings (SSSR count). The monoisotopic (exact) mass is 206 g/mol. The molecule has 0 spiro atoms. The zero-order valence-electron chi connectivity index (χ0n) is 8.69. The molecule has 15 heavy (non-hydrogen) atoms. The van der Waals surface area contributed by atoms with Crippen molar-refractivity contribution in [3.8, 4) is 5.75 Å². The van der Waals surface area contributed by atoms with Crippen LogP contribution in [0.15, 0.2) is 18.2 Å². The lowest BCUT2D eigenvalue weighted by molar-refractivity contribution is 0.0695. The van der Waals surface area contributed by atoms with Gasteiger partial charge in [-0.3, -0.25) is 0 Å². The molecule has 1 saturated carbocycles. The van der Waals surface area contributed by atoms with Gasteiger partial charge >= 0.3 is 5.97 Å². The summed E-state index contributed by atoms with van der Waals surface area (Å²) in [7, 11) is 0. The SMILES string of the molecule is CCOc1ccc(C(=O)O)c(C2CC2)c1. The Morgan fingerprint density at radius 2 is 2.27 bits per heavy atom. The number of hydrogen-bond donors (Lipinski definition) is 1. The van der Waals surface area contributed by atoms with E-state index in [0.717, 1.165) is 24.2 Å². The number of hydrogen-bond acceptors (Lipinski definition) is 2. The van der Waals surface area contributed by atoms with Crippen molar-refractivity contribution < 1.29 is 14.6 Å². The third-order valence-electron chi connectivity index (χ3n) is 2.58. The molecule has 0 saturated heterocycles. The van der Waals surface area contributed by atoms with Gasteiger partial charge in [-0.25, -0.2) is 4.79 Å². The van der Waals surface area contributed by atoms with E-state index in [2.05, 4.69) is 0 Å². The molecule has 0 bridgehead atoms. The average Bonchev–Trinajstić information content (AvgIpc) is 3.01. The predicted molar refractivity (Wildman–Crippen MR) is 56.5 cm³/mol. The summed E-state index contributed by atoms with van der Waals surface area (Å²) in [5.41, 5.74) is 1.34. The minimum Gasteiger partial charge on any atom is -0.494 e. The molecule has 0 aliphatic heterocycles. The Labute approximate surface area is 88.7 Å². The maximum atomic E-state index is 11.0. The first-order chi connectivity index (χ1) is 7.22. The molecule has 1 aromatic rings. The van der Waals surface area contributed by atoms with E-state index < -0.39 is 5.97 Å². The highest BCUT2D eigenvalue weighted by Gasteiger charge is 2.28. The first-order valence-electron chi connectivity index (χ1n) is 5.22. The summed E-state index contributed by atoms with van der Waals surface area (Å²) < 4.78 is 5.37. The number of benzene rings is 1. The molecule has 1 aliphatic carbocycles. The molecule has 1 fully saturated rings. The van der Waals surface area contributed by atoms with Gasteiger partial charge < -0.3 is 9.84 Å². The van der Waals surface area contributed by atoms with Gasteiger partial charge in [0.1, 0.15) is 5.75 Å². The summed E-state index contributed by atoms with van der Waals surface area (Å²) in [5.74, 6) is 0.348. The first-order valence-corrected chi connectivity index (χ1v) is 5.22. The number of rotatable bonds is 4. The van der Waals surface area contributed by atoms with Gasteiger partial charge in [0.25, 0.3) is 0 Å². The summed E-state index contributed by atoms with van der Waals surface area (Å²) in [6.07, 6.45) is 2.19. The minimum absolute atomic E-state index is 0.418. The summed E-state index contributed by atoms with van der Waals surface area (Å²) in [6.45, 7) is 2.53. The summed E-state index contributed by atoms with van der Waals surface area (Å²) >= 11 is 0. The second-order valence-electron chi connectivity index (χ2n) is 3.76. The van der Waals surface area contributed by atoms with Gasteiger partial charge in [-0.1, -0.05) is 0 Å². The van der Waals surface area contributed by atoms with Gasteiger partial charge in [-0.15, -0.1) is 0 Å². The van der Waals surface area contributed by atoms with Gasteiger partial charge in [-0.05, 0) is 49.4 Å². The van der Waals surface area contributed by atoms with E-state index >= 15 is 0 Å². The van der Waals surface area contributed by atoms with Gasteiger partial charge in [0.2, 0.25) is 0 Å². The molecule has 1 N–H and O–H groups in total. The van der Waals surface area contributed by atoms with E-state index in [1.165, 1.54) is 0 Å². The number of aromatic carboxylic acids is 1. The van der Waals surface area contributed by atoms with Crippen molar-refractivity contribution >= 4 is 5.97 Å². The fraction of sp³-hybridized carbons (Fsp3) is 0.417. The Morgan fingerprint density at radius 3 is 2.80 bits per heavy atom. The van der Waals surface area contributed by atoms with Crippen molar-refractivity contribution in [1.82, 2.24) is 0 Å². The normalized spacial score (nSPS) is 15.0. The summed E-state index contributed by atoms with van der Waals surface area (Å²) in [6, 6.07) is 5.23. The van der Waals surface area contributed by atoms with E-state index in [9.17, 15) is 4.79 Å². The van der Waals surface area contributed by atoms with Crippen molar-refractivity contribution in [1.29, 1.82) is 0 Å². The molecule has 80 valence electrons. The van der Waals surface area contributed by atoms with Crippen molar-refractivity contribution in [3.05, 3.63) is 29.3 Å². The fourth-order valence-electron chi connectivity index (χ4n) is 1.72. The lowest BCUT2D eigenvalue weighted by Gasteiger charge is -2.08. The van der Waals surface area contributed by atoms with Crippen LogP contribution in [0.25, 0.3) is 0 Å². The molecule has 1 aliphatic rings. The molecule has 3 heteroatoms. The Hall–Kier alpha value is -1.51. The highest BCUT2D eigenvalue weighted by Crippen LogP contribution is 2.42. The van der Waals surface area contributed by atoms with Gasteiger partial charge in [0, 0.05) is 0 Å². The molecule has 1 aromatic carbocycles. The molecule has 0 radical (unpaired) electrons. The second-order valence-corrected chi connectivity index (χ2v) is 3.76. The van der Waals surface area contributed by atoms with Crippen LogP contribution in [0, 0.1) is 0 Å². The summed E-state index contributed by atoms with van der Waals surface area (Å²) in [5, 5.41) is 9.02. The van der Waals surface area contributed by atoms with Crippen LogP contribution in [-0.4, -0.2) is 17.7 Å². The molecule has 0 atom stereocenters. The van der Waals surface area contributed by atoms with E-state index in [1.54, 1.807) is 12.1 Å². The van der Waals surface area contributed by atoms with Crippen LogP contribution in [0.2, 0.25) is 0 Å². The van der Waals surface area contributed by atoms with Gasteiger partial charge in [0.05, 0.1) is 12.2 Å². The Balaban J connectivity index is 2.35. The van der Waals surface area contributed by atoms with Crippen molar-refractivity contribution in [3.63, 3.8) is 0 Å². The standard InChI is InChI=1S/C12H14O3/c1-2-15-9-5-6-10(12(13)14)11(7-9)8-3-4-8/h5-8H,2-4H2,1H3,(H,13,14). The number of carbonyl (C=O) groups is 1. The van der Waals surface area contributed by atoms with Crippen LogP contribution in [0.3, 0.4) is 0 Å². The Kier molecular flexibility index (Phi) is 2.62. The Bertz CT molecular complexity index is 380. The van der Waals surface area contributed by atoms with E-state index in [0.29, 0.717) is 18.1 Å². The quantitative estimate of drug-likeness (QED) is 0.823. The predicted octanol–water partition coefficient (Wildman–Crippen LogP) is 2.66. The lowest BCUT2D eigenvalue weighted by atomic mass is 10.0. The van der Waals surface area contributed by atoms with Crippen molar-refractivity contribution in [2.75, 3.05) is 6.61 Å². The second kappa shape index (κ2) is 3.93. The zero-order valence-corrected chi connectivity index (χ0v) is 8.69. The minimum atomic E-state index is -0.847. The van der Waals surface area contributed by atoms with Crippen LogP contribution in [0.1, 0.15) is 41.6 Å². The third-order valence-corrected chi connectivity index (χ3v) is 2.58. The fourth-order valence-corrected chi connectivity index (χ4v) is 1.72. The topological polar surface area (TPSA) is 46.5 Å². The van der Waals surface area contributed by atoms with Crippen LogP contribution in [-0.2, 0) is 0 Å². The molecule has 0 unspecified atom stereocenters. The van der Waals surface area contributed by atoms with E-state index in [4.69, 9.17) is 9.84 Å². The number of carboxylic acid groups (broad SMARTS) is 1. The Morgan fingerprint density at radius 1 is 1.53 bits per heavy atom. The maximum absolute atomic E-state index is 11.0. The lowest BCUT2D eigenvalue weighted by Crippen LogP contribution is -2.02. The maximum Gasteiger partial charge on any atom is 0.335 e. The first kappa shape index (κ1) is 10.0. The van der Waals surface area contributed by atoms with Crippen LogP contribution >= 0.6 is 0 Å². The van der Waals surface area contributed by atoms with Gasteiger partial charge in [0.15, 0.2) is 0 Å². The highest BCUT2D eigenvalue weighted by atomic mass is 16.5. The zero-order chi connectivity index (χ0) is 10.8. The number of ether oxygens (including phenoxy) is 1. The molecular weight excluding hydrogens is 192 g/mol. The smallest absolute Gasteiger partial charge is 0.335 e. The largest absolute Gasteiger partial charge is 0.494 e. The van der Waals surface area contributed by atoms with Crippen LogP contribution < -0.4 is 4.74 Å². The van der Waals surface area contributed by atoms with Crippen molar-refractivity contribution in [2.24, 2.45) is 0 Å². The summed E-state index contributed by atoms with van der Waals surface area (Å²) in [4.78, 5) is 11.0. The highest BCUT2D eigenvalue weighted by molar-refractivity contribution is 5.90. The molecule has 3 nitrogen and oxygen atoms in total. The molecular formula is C12H14O3. The van der Waals surface area contributed by atoms with E-state index in [-0.39, 0.29) is 0 Å². The van der Waals surface area contributed by atoms with Crippen LogP contribution in [0.4, 0.5) is 0 Å². The van der Waals surface area contributed by atoms with Crippen LogP contribution in [0.5, 0.6) is 5.75 Å².